The third-order valence-electron chi connectivity index (χ3n) is 6.63. The Labute approximate surface area is 201 Å². The number of hydrogen-bond acceptors (Lipinski definition) is 5. The van der Waals surface area contributed by atoms with E-state index < -0.39 is 11.6 Å². The van der Waals surface area contributed by atoms with Gasteiger partial charge in [-0.1, -0.05) is 24.3 Å². The molecule has 0 amide bonds. The Hall–Kier alpha value is -3.65. The van der Waals surface area contributed by atoms with E-state index in [2.05, 4.69) is 22.0 Å². The standard InChI is InChI=1S/C27H25F2N5O/c28-20-7-6-8-21(29)26(20)18-10-11-23-19(15-18)27(32-34(23)25-9-2-5-14-35-25)22-16-30-17-24(31-22)33-12-3-1-4-13-33/h1,3,6-8,10-11,15-17,25H,2,4-5,9,12-14H2. The first-order valence-corrected chi connectivity index (χ1v) is 12.0. The van der Waals surface area contributed by atoms with Gasteiger partial charge in [0.25, 0.3) is 0 Å². The highest BCUT2D eigenvalue weighted by molar-refractivity contribution is 5.95. The van der Waals surface area contributed by atoms with Crippen molar-refractivity contribution >= 4 is 16.7 Å². The second-order valence-corrected chi connectivity index (χ2v) is 8.91. The first-order valence-electron chi connectivity index (χ1n) is 12.0. The van der Waals surface area contributed by atoms with Crippen LogP contribution in [0.15, 0.2) is 60.9 Å². The molecule has 6 nitrogen and oxygen atoms in total. The van der Waals surface area contributed by atoms with Gasteiger partial charge in [-0.15, -0.1) is 0 Å². The summed E-state index contributed by atoms with van der Waals surface area (Å²) >= 11 is 0. The van der Waals surface area contributed by atoms with Crippen molar-refractivity contribution in [3.63, 3.8) is 0 Å². The number of rotatable bonds is 4. The SMILES string of the molecule is Fc1cccc(F)c1-c1ccc2c(c1)c(-c1cncc(N3CC=CCC3)n1)nn2C1CCCCO1. The fourth-order valence-electron chi connectivity index (χ4n) is 4.87. The summed E-state index contributed by atoms with van der Waals surface area (Å²) in [6.07, 6.45) is 11.4. The minimum atomic E-state index is -0.603. The van der Waals surface area contributed by atoms with Gasteiger partial charge in [0.05, 0.1) is 23.5 Å². The number of fused-ring (bicyclic) bond motifs is 1. The number of hydrogen-bond donors (Lipinski definition) is 0. The molecule has 0 aliphatic carbocycles. The highest BCUT2D eigenvalue weighted by Gasteiger charge is 2.24. The van der Waals surface area contributed by atoms with Crippen molar-refractivity contribution in [3.05, 3.63) is 72.6 Å². The Kier molecular flexibility index (Phi) is 5.74. The molecule has 4 heterocycles. The zero-order valence-corrected chi connectivity index (χ0v) is 19.2. The maximum atomic E-state index is 14.6. The van der Waals surface area contributed by atoms with Gasteiger partial charge >= 0.3 is 0 Å². The Morgan fingerprint density at radius 3 is 2.66 bits per heavy atom. The number of aromatic nitrogens is 4. The molecular formula is C27H25F2N5O. The van der Waals surface area contributed by atoms with Gasteiger partial charge in [0.1, 0.15) is 28.8 Å². The molecule has 35 heavy (non-hydrogen) atoms. The van der Waals surface area contributed by atoms with E-state index in [1.165, 1.54) is 18.2 Å². The van der Waals surface area contributed by atoms with E-state index in [1.54, 1.807) is 24.5 Å². The quantitative estimate of drug-likeness (QED) is 0.345. The Morgan fingerprint density at radius 1 is 1.00 bits per heavy atom. The second-order valence-electron chi connectivity index (χ2n) is 8.91. The maximum absolute atomic E-state index is 14.6. The molecule has 2 aromatic carbocycles. The fraction of sp³-hybridized carbons (Fsp3) is 0.296. The highest BCUT2D eigenvalue weighted by atomic mass is 19.1. The average Bonchev–Trinajstić information content (AvgIpc) is 3.29. The predicted octanol–water partition coefficient (Wildman–Crippen LogP) is 5.90. The molecule has 178 valence electrons. The van der Waals surface area contributed by atoms with Crippen LogP contribution in [-0.2, 0) is 4.74 Å². The topological polar surface area (TPSA) is 56.1 Å². The van der Waals surface area contributed by atoms with Crippen LogP contribution in [0.2, 0.25) is 0 Å². The maximum Gasteiger partial charge on any atom is 0.150 e. The molecule has 0 saturated carbocycles. The molecule has 2 aliphatic rings. The number of ether oxygens (including phenoxy) is 1. The fourth-order valence-corrected chi connectivity index (χ4v) is 4.87. The van der Waals surface area contributed by atoms with E-state index in [-0.39, 0.29) is 11.8 Å². The molecule has 8 heteroatoms. The molecule has 4 aromatic rings. The number of halogens is 2. The van der Waals surface area contributed by atoms with Gasteiger partial charge in [-0.3, -0.25) is 4.98 Å². The molecule has 0 bridgehead atoms. The average molecular weight is 474 g/mol. The molecule has 1 fully saturated rings. The van der Waals surface area contributed by atoms with Crippen molar-refractivity contribution < 1.29 is 13.5 Å². The van der Waals surface area contributed by atoms with Gasteiger partial charge in [0.2, 0.25) is 0 Å². The summed E-state index contributed by atoms with van der Waals surface area (Å²) in [5.74, 6) is -0.428. The van der Waals surface area contributed by atoms with E-state index >= 15 is 0 Å². The minimum absolute atomic E-state index is 0.0537. The van der Waals surface area contributed by atoms with Crippen molar-refractivity contribution in [3.8, 4) is 22.5 Å². The van der Waals surface area contributed by atoms with Crippen LogP contribution in [0.4, 0.5) is 14.6 Å². The first-order chi connectivity index (χ1) is 17.2. The summed E-state index contributed by atoms with van der Waals surface area (Å²) in [7, 11) is 0. The van der Waals surface area contributed by atoms with Gasteiger partial charge in [-0.05, 0) is 55.5 Å². The molecule has 1 atom stereocenters. The Morgan fingerprint density at radius 2 is 1.89 bits per heavy atom. The highest BCUT2D eigenvalue weighted by Crippen LogP contribution is 2.36. The third kappa shape index (κ3) is 4.08. The largest absolute Gasteiger partial charge is 0.356 e. The normalized spacial score (nSPS) is 18.3. The van der Waals surface area contributed by atoms with Crippen LogP contribution >= 0.6 is 0 Å². The lowest BCUT2D eigenvalue weighted by atomic mass is 10.0. The molecular weight excluding hydrogens is 448 g/mol. The van der Waals surface area contributed by atoms with Gasteiger partial charge in [0, 0.05) is 25.1 Å². The smallest absolute Gasteiger partial charge is 0.150 e. The van der Waals surface area contributed by atoms with Crippen LogP contribution in [0, 0.1) is 11.6 Å². The van der Waals surface area contributed by atoms with Gasteiger partial charge in [-0.25, -0.2) is 18.4 Å². The molecule has 0 N–H and O–H groups in total. The lowest BCUT2D eigenvalue weighted by molar-refractivity contribution is -0.0365. The molecule has 1 saturated heterocycles. The Bertz CT molecular complexity index is 1390. The van der Waals surface area contributed by atoms with Gasteiger partial charge in [-0.2, -0.15) is 5.10 Å². The van der Waals surface area contributed by atoms with Crippen molar-refractivity contribution in [2.45, 2.75) is 31.9 Å². The summed E-state index contributed by atoms with van der Waals surface area (Å²) in [6, 6.07) is 9.29. The molecule has 6 rings (SSSR count). The van der Waals surface area contributed by atoms with Crippen LogP contribution in [0.1, 0.15) is 31.9 Å². The van der Waals surface area contributed by atoms with E-state index in [0.29, 0.717) is 23.6 Å². The molecule has 2 aliphatic heterocycles. The van der Waals surface area contributed by atoms with Crippen molar-refractivity contribution in [2.75, 3.05) is 24.6 Å². The molecule has 2 aromatic heterocycles. The Balaban J connectivity index is 1.51. The zero-order chi connectivity index (χ0) is 23.8. The lowest BCUT2D eigenvalue weighted by Crippen LogP contribution is -2.27. The summed E-state index contributed by atoms with van der Waals surface area (Å²) in [5, 5.41) is 5.67. The summed E-state index contributed by atoms with van der Waals surface area (Å²) in [4.78, 5) is 11.5. The van der Waals surface area contributed by atoms with Crippen LogP contribution < -0.4 is 4.90 Å². The monoisotopic (exact) mass is 473 g/mol. The third-order valence-corrected chi connectivity index (χ3v) is 6.63. The summed E-state index contributed by atoms with van der Waals surface area (Å²) in [6.45, 7) is 2.33. The number of anilines is 1. The molecule has 1 unspecified atom stereocenters. The van der Waals surface area contributed by atoms with E-state index in [4.69, 9.17) is 14.8 Å². The summed E-state index contributed by atoms with van der Waals surface area (Å²) < 4.78 is 37.1. The first kappa shape index (κ1) is 21.9. The van der Waals surface area contributed by atoms with E-state index in [1.807, 2.05) is 10.7 Å². The predicted molar refractivity (Wildman–Crippen MR) is 131 cm³/mol. The van der Waals surface area contributed by atoms with E-state index in [0.717, 1.165) is 55.5 Å². The van der Waals surface area contributed by atoms with Crippen LogP contribution in [0.3, 0.4) is 0 Å². The molecule has 0 radical (unpaired) electrons. The van der Waals surface area contributed by atoms with Crippen LogP contribution in [0.5, 0.6) is 0 Å². The van der Waals surface area contributed by atoms with Crippen molar-refractivity contribution in [2.24, 2.45) is 0 Å². The van der Waals surface area contributed by atoms with Crippen LogP contribution in [0.25, 0.3) is 33.4 Å². The number of benzene rings is 2. The zero-order valence-electron chi connectivity index (χ0n) is 19.2. The van der Waals surface area contributed by atoms with E-state index in [9.17, 15) is 8.78 Å². The van der Waals surface area contributed by atoms with Crippen LogP contribution in [-0.4, -0.2) is 39.4 Å². The van der Waals surface area contributed by atoms with Crippen molar-refractivity contribution in [1.82, 2.24) is 19.7 Å². The van der Waals surface area contributed by atoms with Gasteiger partial charge in [0.15, 0.2) is 6.23 Å². The molecule has 0 spiro atoms. The lowest BCUT2D eigenvalue weighted by Gasteiger charge is -2.24. The minimum Gasteiger partial charge on any atom is -0.356 e. The number of nitrogens with zero attached hydrogens (tertiary/aromatic N) is 5. The second kappa shape index (κ2) is 9.19. The summed E-state index contributed by atoms with van der Waals surface area (Å²) in [5.41, 5.74) is 2.46. The van der Waals surface area contributed by atoms with Crippen molar-refractivity contribution in [1.29, 1.82) is 0 Å². The van der Waals surface area contributed by atoms with Gasteiger partial charge < -0.3 is 9.64 Å².